The molecule has 0 saturated carbocycles. The lowest BCUT2D eigenvalue weighted by Gasteiger charge is -2.27. The number of aromatic nitrogens is 3. The van der Waals surface area contributed by atoms with Crippen molar-refractivity contribution in [1.82, 2.24) is 19.4 Å². The van der Waals surface area contributed by atoms with E-state index in [1.165, 1.54) is 41.7 Å². The van der Waals surface area contributed by atoms with Gasteiger partial charge >= 0.3 is 6.09 Å². The molecule has 12 heteroatoms. The first-order chi connectivity index (χ1) is 21.9. The summed E-state index contributed by atoms with van der Waals surface area (Å²) in [5.74, 6) is -0.676. The van der Waals surface area contributed by atoms with E-state index in [0.29, 0.717) is 40.5 Å². The Kier molecular flexibility index (Phi) is 9.78. The van der Waals surface area contributed by atoms with Gasteiger partial charge < -0.3 is 23.7 Å². The maximum atomic E-state index is 15.1. The number of imidazole rings is 1. The number of amides is 1. The Labute approximate surface area is 269 Å². The largest absolute Gasteiger partial charge is 0.453 e. The Morgan fingerprint density at radius 3 is 2.50 bits per heavy atom. The molecule has 2 aromatic carbocycles. The molecule has 3 heterocycles. The second-order valence-electron chi connectivity index (χ2n) is 11.6. The zero-order valence-corrected chi connectivity index (χ0v) is 27.0. The third kappa shape index (κ3) is 7.57. The molecular weight excluding hydrogens is 614 g/mol. The fourth-order valence-corrected chi connectivity index (χ4v) is 5.81. The summed E-state index contributed by atoms with van der Waals surface area (Å²) in [5, 5.41) is 0. The summed E-state index contributed by atoms with van der Waals surface area (Å²) in [6, 6.07) is 13.5. The van der Waals surface area contributed by atoms with Gasteiger partial charge in [0.1, 0.15) is 23.0 Å². The highest BCUT2D eigenvalue weighted by Crippen LogP contribution is 2.39. The molecule has 46 heavy (non-hydrogen) atoms. The molecule has 9 nitrogen and oxygen atoms in total. The minimum Gasteiger partial charge on any atom is -0.453 e. The quantitative estimate of drug-likeness (QED) is 0.136. The van der Waals surface area contributed by atoms with Crippen LogP contribution >= 0.6 is 11.3 Å². The summed E-state index contributed by atoms with van der Waals surface area (Å²) in [4.78, 5) is 36.9. The molecule has 5 rings (SSSR count). The molecule has 0 radical (unpaired) electrons. The van der Waals surface area contributed by atoms with Crippen molar-refractivity contribution in [3.63, 3.8) is 0 Å². The first kappa shape index (κ1) is 32.7. The predicted molar refractivity (Wildman–Crippen MR) is 171 cm³/mol. The number of carbonyl (C=O) groups excluding carboxylic acids is 2. The van der Waals surface area contributed by atoms with Crippen LogP contribution < -0.4 is 4.74 Å². The molecular formula is C34H34F2N4O5S. The number of fused-ring (bicyclic) bond motifs is 1. The summed E-state index contributed by atoms with van der Waals surface area (Å²) < 4.78 is 48.5. The lowest BCUT2D eigenvalue weighted by atomic mass is 10.0. The smallest absolute Gasteiger partial charge is 0.410 e. The molecule has 0 fully saturated rings. The fraction of sp³-hybridized carbons (Fsp3) is 0.294. The summed E-state index contributed by atoms with van der Waals surface area (Å²) in [5.41, 5.74) is 1.15. The van der Waals surface area contributed by atoms with Gasteiger partial charge in [-0.15, -0.1) is 11.3 Å². The summed E-state index contributed by atoms with van der Waals surface area (Å²) in [6.07, 6.45) is 2.69. The van der Waals surface area contributed by atoms with Gasteiger partial charge in [-0.1, -0.05) is 18.2 Å². The van der Waals surface area contributed by atoms with E-state index >= 15 is 4.39 Å². The van der Waals surface area contributed by atoms with Crippen molar-refractivity contribution in [2.75, 3.05) is 20.3 Å². The molecule has 0 saturated heterocycles. The van der Waals surface area contributed by atoms with Gasteiger partial charge in [0.2, 0.25) is 0 Å². The number of ketones is 1. The first-order valence-corrected chi connectivity index (χ1v) is 15.4. The number of nitrogens with zero attached hydrogens (tertiary/aromatic N) is 4. The number of hydrogen-bond acceptors (Lipinski definition) is 8. The lowest BCUT2D eigenvalue weighted by molar-refractivity contribution is 0.0180. The second-order valence-corrected chi connectivity index (χ2v) is 12.7. The maximum absolute atomic E-state index is 15.1. The van der Waals surface area contributed by atoms with Gasteiger partial charge in [0.05, 0.1) is 45.7 Å². The van der Waals surface area contributed by atoms with Crippen LogP contribution in [-0.2, 0) is 29.5 Å². The minimum absolute atomic E-state index is 0.0258. The topological polar surface area (TPSA) is 95.8 Å². The SMILES string of the molecule is COCCN(Cc1cnc(-c2cc3nccc(Oc4ccc(CC(=O)c5ccccc5F)cc4F)c3s2)n1C)C(=O)OC(C)(C)C. The zero-order valence-electron chi connectivity index (χ0n) is 26.2. The van der Waals surface area contributed by atoms with Gasteiger partial charge in [0, 0.05) is 39.4 Å². The van der Waals surface area contributed by atoms with Crippen LogP contribution in [0, 0.1) is 11.6 Å². The van der Waals surface area contributed by atoms with E-state index in [-0.39, 0.29) is 24.3 Å². The number of hydrogen-bond donors (Lipinski definition) is 0. The number of methoxy groups -OCH3 is 1. The Bertz CT molecular complexity index is 1880. The Morgan fingerprint density at radius 2 is 1.78 bits per heavy atom. The van der Waals surface area contributed by atoms with Gasteiger partial charge in [0.25, 0.3) is 0 Å². The lowest BCUT2D eigenvalue weighted by Crippen LogP contribution is -2.38. The summed E-state index contributed by atoms with van der Waals surface area (Å²) in [7, 11) is 3.44. The van der Waals surface area contributed by atoms with Gasteiger partial charge in [-0.3, -0.25) is 9.78 Å². The van der Waals surface area contributed by atoms with E-state index < -0.39 is 29.1 Å². The van der Waals surface area contributed by atoms with Crippen LogP contribution in [0.25, 0.3) is 20.9 Å². The monoisotopic (exact) mass is 648 g/mol. The zero-order chi connectivity index (χ0) is 33.0. The van der Waals surface area contributed by atoms with Gasteiger partial charge in [0.15, 0.2) is 17.3 Å². The number of pyridine rings is 1. The van der Waals surface area contributed by atoms with E-state index in [0.717, 1.165) is 10.6 Å². The van der Waals surface area contributed by atoms with Crippen molar-refractivity contribution in [2.45, 2.75) is 39.3 Å². The van der Waals surface area contributed by atoms with Crippen LogP contribution in [0.15, 0.2) is 67.0 Å². The van der Waals surface area contributed by atoms with E-state index in [2.05, 4.69) is 9.97 Å². The third-order valence-corrected chi connectivity index (χ3v) is 8.14. The van der Waals surface area contributed by atoms with Crippen molar-refractivity contribution in [1.29, 1.82) is 0 Å². The molecule has 0 aliphatic rings. The maximum Gasteiger partial charge on any atom is 0.410 e. The van der Waals surface area contributed by atoms with Gasteiger partial charge in [-0.05, 0) is 56.7 Å². The molecule has 0 aliphatic heterocycles. The van der Waals surface area contributed by atoms with Crippen molar-refractivity contribution < 1.29 is 32.6 Å². The first-order valence-electron chi connectivity index (χ1n) is 14.5. The average Bonchev–Trinajstić information content (AvgIpc) is 3.59. The minimum atomic E-state index is -0.655. The highest BCUT2D eigenvalue weighted by Gasteiger charge is 2.24. The molecule has 1 amide bonds. The van der Waals surface area contributed by atoms with Crippen molar-refractivity contribution >= 4 is 33.4 Å². The number of carbonyl (C=O) groups is 2. The normalized spacial score (nSPS) is 11.5. The highest BCUT2D eigenvalue weighted by atomic mass is 32.1. The molecule has 3 aromatic heterocycles. The van der Waals surface area contributed by atoms with Crippen molar-refractivity contribution in [3.05, 3.63) is 95.4 Å². The van der Waals surface area contributed by atoms with E-state index in [1.54, 1.807) is 42.6 Å². The second kappa shape index (κ2) is 13.8. The number of ether oxygens (including phenoxy) is 3. The average molecular weight is 649 g/mol. The van der Waals surface area contributed by atoms with Gasteiger partial charge in [-0.25, -0.2) is 18.6 Å². The van der Waals surface area contributed by atoms with Crippen LogP contribution in [0.3, 0.4) is 0 Å². The van der Waals surface area contributed by atoms with Crippen molar-refractivity contribution in [3.8, 4) is 22.2 Å². The Morgan fingerprint density at radius 1 is 1.00 bits per heavy atom. The molecule has 0 unspecified atom stereocenters. The molecule has 0 spiro atoms. The van der Waals surface area contributed by atoms with Crippen LogP contribution in [0.2, 0.25) is 0 Å². The van der Waals surface area contributed by atoms with Crippen LogP contribution in [-0.4, -0.2) is 57.2 Å². The number of thiophene rings is 1. The standard InChI is InChI=1S/C34H34F2N4O5S/c1-34(2,3)45-33(42)40(14-15-43-5)20-22-19-38-32(39(22)4)30-18-26-31(46-30)29(12-13-37-26)44-28-11-10-21(16-25(28)36)17-27(41)23-8-6-7-9-24(23)35/h6-13,16,18-19H,14-15,17,20H2,1-5H3. The molecule has 0 bridgehead atoms. The predicted octanol–water partition coefficient (Wildman–Crippen LogP) is 7.58. The molecule has 5 aromatic rings. The van der Waals surface area contributed by atoms with Crippen LogP contribution in [0.4, 0.5) is 13.6 Å². The molecule has 0 N–H and O–H groups in total. The Balaban J connectivity index is 1.34. The summed E-state index contributed by atoms with van der Waals surface area (Å²) in [6.45, 7) is 6.41. The highest BCUT2D eigenvalue weighted by molar-refractivity contribution is 7.22. The number of Topliss-reactive ketones (excluding diaryl/α,β-unsaturated/α-hetero) is 1. The number of rotatable bonds is 11. The summed E-state index contributed by atoms with van der Waals surface area (Å²) >= 11 is 1.39. The van der Waals surface area contributed by atoms with E-state index in [4.69, 9.17) is 14.2 Å². The van der Waals surface area contributed by atoms with Gasteiger partial charge in [-0.2, -0.15) is 0 Å². The van der Waals surface area contributed by atoms with E-state index in [9.17, 15) is 14.0 Å². The number of halogens is 2. The Hall–Kier alpha value is -4.68. The fourth-order valence-electron chi connectivity index (χ4n) is 4.71. The van der Waals surface area contributed by atoms with Crippen LogP contribution in [0.5, 0.6) is 11.5 Å². The number of benzene rings is 2. The molecule has 240 valence electrons. The van der Waals surface area contributed by atoms with E-state index in [1.807, 2.05) is 38.5 Å². The molecule has 0 atom stereocenters. The van der Waals surface area contributed by atoms with Crippen molar-refractivity contribution in [2.24, 2.45) is 7.05 Å². The third-order valence-electron chi connectivity index (χ3n) is 7.01. The molecule has 0 aliphatic carbocycles. The van der Waals surface area contributed by atoms with Crippen LogP contribution in [0.1, 0.15) is 42.4 Å².